The van der Waals surface area contributed by atoms with Crippen molar-refractivity contribution in [3.63, 3.8) is 0 Å². The monoisotopic (exact) mass is 297 g/mol. The molecule has 0 fully saturated rings. The van der Waals surface area contributed by atoms with Crippen molar-refractivity contribution in [2.75, 3.05) is 23.3 Å². The molecule has 0 aliphatic carbocycles. The molecule has 4 heteroatoms. The largest absolute Gasteiger partial charge is 0.372 e. The number of hydrogen-bond acceptors (Lipinski definition) is 2. The Labute approximate surface area is 132 Å². The van der Waals surface area contributed by atoms with E-state index in [4.69, 9.17) is 0 Å². The molecule has 2 N–H and O–H groups in total. The molecule has 0 bridgehead atoms. The number of anilines is 2. The van der Waals surface area contributed by atoms with Gasteiger partial charge in [0.05, 0.1) is 0 Å². The van der Waals surface area contributed by atoms with Gasteiger partial charge in [-0.2, -0.15) is 0 Å². The van der Waals surface area contributed by atoms with Crippen LogP contribution in [0.2, 0.25) is 0 Å². The maximum atomic E-state index is 11.8. The summed E-state index contributed by atoms with van der Waals surface area (Å²) in [6.07, 6.45) is 0. The van der Waals surface area contributed by atoms with Crippen LogP contribution in [0, 0.1) is 0 Å². The van der Waals surface area contributed by atoms with Gasteiger partial charge in [0.1, 0.15) is 0 Å². The zero-order valence-corrected chi connectivity index (χ0v) is 13.2. The quantitative estimate of drug-likeness (QED) is 0.850. The molecule has 2 aromatic carbocycles. The number of nitrogens with zero attached hydrogens (tertiary/aromatic N) is 1. The molecule has 0 saturated carbocycles. The van der Waals surface area contributed by atoms with E-state index in [1.807, 2.05) is 30.3 Å². The Morgan fingerprint density at radius 1 is 0.955 bits per heavy atom. The van der Waals surface area contributed by atoms with Crippen LogP contribution in [0.4, 0.5) is 16.2 Å². The van der Waals surface area contributed by atoms with E-state index in [0.717, 1.165) is 24.3 Å². The van der Waals surface area contributed by atoms with E-state index < -0.39 is 0 Å². The first-order chi connectivity index (χ1) is 10.7. The number of carbonyl (C=O) groups is 1. The first-order valence-corrected chi connectivity index (χ1v) is 7.66. The fourth-order valence-corrected chi connectivity index (χ4v) is 2.29. The minimum Gasteiger partial charge on any atom is -0.372 e. The van der Waals surface area contributed by atoms with E-state index >= 15 is 0 Å². The molecular formula is C18H23N3O. The van der Waals surface area contributed by atoms with Crippen molar-refractivity contribution < 1.29 is 4.79 Å². The van der Waals surface area contributed by atoms with Crippen LogP contribution in [-0.4, -0.2) is 19.1 Å². The van der Waals surface area contributed by atoms with Crippen LogP contribution in [-0.2, 0) is 6.54 Å². The van der Waals surface area contributed by atoms with Crippen LogP contribution in [0.5, 0.6) is 0 Å². The van der Waals surface area contributed by atoms with Gasteiger partial charge in [0.25, 0.3) is 0 Å². The highest BCUT2D eigenvalue weighted by Gasteiger charge is 2.03. The molecule has 2 amide bonds. The Bertz CT molecular complexity index is 577. The molecule has 116 valence electrons. The summed E-state index contributed by atoms with van der Waals surface area (Å²) in [5.41, 5.74) is 3.08. The van der Waals surface area contributed by atoms with Crippen molar-refractivity contribution in [2.45, 2.75) is 20.4 Å². The number of carbonyl (C=O) groups excluding carboxylic acids is 1. The molecule has 0 aromatic heterocycles. The molecule has 0 aliphatic rings. The van der Waals surface area contributed by atoms with E-state index in [9.17, 15) is 4.79 Å². The second-order valence-corrected chi connectivity index (χ2v) is 5.01. The van der Waals surface area contributed by atoms with Crippen molar-refractivity contribution in [2.24, 2.45) is 0 Å². The maximum Gasteiger partial charge on any atom is 0.319 e. The van der Waals surface area contributed by atoms with Gasteiger partial charge in [-0.15, -0.1) is 0 Å². The second-order valence-electron chi connectivity index (χ2n) is 5.01. The van der Waals surface area contributed by atoms with Crippen molar-refractivity contribution in [3.05, 3.63) is 60.2 Å². The van der Waals surface area contributed by atoms with Gasteiger partial charge < -0.3 is 15.5 Å². The summed E-state index contributed by atoms with van der Waals surface area (Å²) in [6, 6.07) is 17.5. The third-order valence-corrected chi connectivity index (χ3v) is 3.55. The number of hydrogen-bond donors (Lipinski definition) is 2. The third kappa shape index (κ3) is 4.52. The average molecular weight is 297 g/mol. The van der Waals surface area contributed by atoms with Crippen molar-refractivity contribution in [3.8, 4) is 0 Å². The van der Waals surface area contributed by atoms with E-state index in [1.54, 1.807) is 0 Å². The van der Waals surface area contributed by atoms with Gasteiger partial charge in [0.15, 0.2) is 0 Å². The summed E-state index contributed by atoms with van der Waals surface area (Å²) in [5.74, 6) is 0. The number of benzene rings is 2. The van der Waals surface area contributed by atoms with Gasteiger partial charge in [0.2, 0.25) is 0 Å². The summed E-state index contributed by atoms with van der Waals surface area (Å²) in [5, 5.41) is 5.66. The standard InChI is InChI=1S/C18H23N3O/c1-3-21(4-2)17-12-10-15(11-13-17)14-19-18(22)20-16-8-6-5-7-9-16/h5-13H,3-4,14H2,1-2H3,(H2,19,20,22). The number of nitrogens with one attached hydrogen (secondary N) is 2. The Kier molecular flexibility index (Phi) is 5.83. The topological polar surface area (TPSA) is 44.4 Å². The lowest BCUT2D eigenvalue weighted by Gasteiger charge is -2.21. The lowest BCUT2D eigenvalue weighted by atomic mass is 10.2. The van der Waals surface area contributed by atoms with Crippen LogP contribution >= 0.6 is 0 Å². The molecule has 22 heavy (non-hydrogen) atoms. The molecule has 0 heterocycles. The maximum absolute atomic E-state index is 11.8. The number of para-hydroxylation sites is 1. The SMILES string of the molecule is CCN(CC)c1ccc(CNC(=O)Nc2ccccc2)cc1. The molecular weight excluding hydrogens is 274 g/mol. The zero-order chi connectivity index (χ0) is 15.8. The predicted octanol–water partition coefficient (Wildman–Crippen LogP) is 3.85. The summed E-state index contributed by atoms with van der Waals surface area (Å²) in [6.45, 7) is 6.79. The summed E-state index contributed by atoms with van der Waals surface area (Å²) < 4.78 is 0. The van der Waals surface area contributed by atoms with Crippen molar-refractivity contribution in [1.29, 1.82) is 0 Å². The fraction of sp³-hybridized carbons (Fsp3) is 0.278. The molecule has 0 radical (unpaired) electrons. The molecule has 0 spiro atoms. The van der Waals surface area contributed by atoms with E-state index in [-0.39, 0.29) is 6.03 Å². The third-order valence-electron chi connectivity index (χ3n) is 3.55. The van der Waals surface area contributed by atoms with E-state index in [1.165, 1.54) is 5.69 Å². The van der Waals surface area contributed by atoms with E-state index in [2.05, 4.69) is 53.6 Å². The Morgan fingerprint density at radius 2 is 1.59 bits per heavy atom. The van der Waals surface area contributed by atoms with Gasteiger partial charge in [-0.3, -0.25) is 0 Å². The molecule has 0 saturated heterocycles. The van der Waals surface area contributed by atoms with Crippen LogP contribution in [0.25, 0.3) is 0 Å². The molecule has 2 aromatic rings. The van der Waals surface area contributed by atoms with Gasteiger partial charge in [-0.25, -0.2) is 4.79 Å². The minimum atomic E-state index is -0.195. The average Bonchev–Trinajstić information content (AvgIpc) is 2.56. The number of rotatable bonds is 6. The van der Waals surface area contributed by atoms with E-state index in [0.29, 0.717) is 6.54 Å². The lowest BCUT2D eigenvalue weighted by molar-refractivity contribution is 0.251. The number of urea groups is 1. The Morgan fingerprint density at radius 3 is 2.18 bits per heavy atom. The smallest absolute Gasteiger partial charge is 0.319 e. The first-order valence-electron chi connectivity index (χ1n) is 7.66. The van der Waals surface area contributed by atoms with Crippen molar-refractivity contribution >= 4 is 17.4 Å². The highest BCUT2D eigenvalue weighted by atomic mass is 16.2. The van der Waals surface area contributed by atoms with Gasteiger partial charge in [0, 0.05) is 31.0 Å². The normalized spacial score (nSPS) is 10.1. The van der Waals surface area contributed by atoms with Crippen molar-refractivity contribution in [1.82, 2.24) is 5.32 Å². The summed E-state index contributed by atoms with van der Waals surface area (Å²) >= 11 is 0. The number of amides is 2. The molecule has 2 rings (SSSR count). The molecule has 4 nitrogen and oxygen atoms in total. The molecule has 0 atom stereocenters. The van der Waals surface area contributed by atoms with Gasteiger partial charge >= 0.3 is 6.03 Å². The van der Waals surface area contributed by atoms with Crippen LogP contribution < -0.4 is 15.5 Å². The molecule has 0 aliphatic heterocycles. The molecule has 0 unspecified atom stereocenters. The lowest BCUT2D eigenvalue weighted by Crippen LogP contribution is -2.28. The Hall–Kier alpha value is -2.49. The highest BCUT2D eigenvalue weighted by Crippen LogP contribution is 2.14. The van der Waals surface area contributed by atoms with Crippen LogP contribution in [0.1, 0.15) is 19.4 Å². The predicted molar refractivity (Wildman–Crippen MR) is 92.3 cm³/mol. The Balaban J connectivity index is 1.85. The second kappa shape index (κ2) is 8.08. The van der Waals surface area contributed by atoms with Crippen LogP contribution in [0.3, 0.4) is 0 Å². The summed E-state index contributed by atoms with van der Waals surface area (Å²) in [4.78, 5) is 14.1. The van der Waals surface area contributed by atoms with Gasteiger partial charge in [-0.05, 0) is 43.7 Å². The zero-order valence-electron chi connectivity index (χ0n) is 13.2. The minimum absolute atomic E-state index is 0.195. The summed E-state index contributed by atoms with van der Waals surface area (Å²) in [7, 11) is 0. The first kappa shape index (κ1) is 15.9. The highest BCUT2D eigenvalue weighted by molar-refractivity contribution is 5.89. The van der Waals surface area contributed by atoms with Gasteiger partial charge in [-0.1, -0.05) is 30.3 Å². The van der Waals surface area contributed by atoms with Crippen LogP contribution in [0.15, 0.2) is 54.6 Å². The fourth-order valence-electron chi connectivity index (χ4n) is 2.29.